The normalized spacial score (nSPS) is 21.8. The van der Waals surface area contributed by atoms with Crippen LogP contribution in [0.4, 0.5) is 0 Å². The Labute approximate surface area is 206 Å². The van der Waals surface area contributed by atoms with E-state index in [1.54, 1.807) is 54.6 Å². The van der Waals surface area contributed by atoms with E-state index in [0.29, 0.717) is 0 Å². The van der Waals surface area contributed by atoms with Crippen LogP contribution in [0.25, 0.3) is 0 Å². The number of benzene rings is 3. The fourth-order valence-corrected chi connectivity index (χ4v) is 3.74. The summed E-state index contributed by atoms with van der Waals surface area (Å²) in [6.45, 7) is -0.714. The summed E-state index contributed by atoms with van der Waals surface area (Å²) >= 11 is 0. The van der Waals surface area contributed by atoms with Crippen molar-refractivity contribution in [3.8, 4) is 0 Å². The highest BCUT2D eigenvalue weighted by atomic mass is 16.7. The zero-order chi connectivity index (χ0) is 25.5. The van der Waals surface area contributed by atoms with Gasteiger partial charge in [-0.1, -0.05) is 54.6 Å². The van der Waals surface area contributed by atoms with E-state index in [1.807, 2.05) is 0 Å². The number of hydrogen-bond donors (Lipinski definition) is 2. The molecule has 0 spiro atoms. The van der Waals surface area contributed by atoms with Gasteiger partial charge in [-0.15, -0.1) is 0 Å². The summed E-state index contributed by atoms with van der Waals surface area (Å²) in [7, 11) is 0. The number of ether oxygens (including phenoxy) is 4. The first-order valence-electron chi connectivity index (χ1n) is 11.2. The maximum Gasteiger partial charge on any atom is 0.338 e. The molecule has 1 heterocycles. The van der Waals surface area contributed by atoms with Crippen molar-refractivity contribution in [1.29, 1.82) is 0 Å². The second-order valence-electron chi connectivity index (χ2n) is 7.96. The third-order valence-corrected chi connectivity index (χ3v) is 5.54. The molecule has 1 saturated heterocycles. The van der Waals surface area contributed by atoms with Gasteiger partial charge in [0.25, 0.3) is 0 Å². The van der Waals surface area contributed by atoms with E-state index in [4.69, 9.17) is 18.9 Å². The standard InChI is InChI=1S/C27H24O9/c28-16-20(33-24(29)17-10-4-1-5-11-17)21-22(35-25(30)18-12-6-2-7-13-18)23(27(32)34-21)36-26(31)19-14-8-3-9-15-19/h1-15,20-23,27-28,32H,16H2/t20-,21+,22+,23-,27?/m1/s1. The second kappa shape index (κ2) is 11.6. The van der Waals surface area contributed by atoms with Gasteiger partial charge in [0.1, 0.15) is 6.10 Å². The van der Waals surface area contributed by atoms with Crippen molar-refractivity contribution in [2.24, 2.45) is 0 Å². The Morgan fingerprint density at radius 2 is 1.11 bits per heavy atom. The molecule has 0 radical (unpaired) electrons. The van der Waals surface area contributed by atoms with E-state index in [-0.39, 0.29) is 16.7 Å². The lowest BCUT2D eigenvalue weighted by Gasteiger charge is -2.27. The SMILES string of the molecule is O=C(O[C@H]1[C@H]([C@@H](CO)OC(=O)c2ccccc2)OC(O)[C@@H]1OC(=O)c1ccccc1)c1ccccc1. The Balaban J connectivity index is 1.59. The van der Waals surface area contributed by atoms with Crippen LogP contribution in [0.1, 0.15) is 31.1 Å². The molecule has 1 unspecified atom stereocenters. The first-order valence-corrected chi connectivity index (χ1v) is 11.2. The summed E-state index contributed by atoms with van der Waals surface area (Å²) in [5, 5.41) is 20.6. The molecule has 186 valence electrons. The molecular weight excluding hydrogens is 468 g/mol. The maximum atomic E-state index is 12.8. The summed E-state index contributed by atoms with van der Waals surface area (Å²) < 4.78 is 22.0. The number of carbonyl (C=O) groups is 3. The highest BCUT2D eigenvalue weighted by Crippen LogP contribution is 2.30. The number of rotatable bonds is 8. The predicted molar refractivity (Wildman–Crippen MR) is 125 cm³/mol. The molecule has 9 nitrogen and oxygen atoms in total. The van der Waals surface area contributed by atoms with Crippen LogP contribution >= 0.6 is 0 Å². The third-order valence-electron chi connectivity index (χ3n) is 5.54. The molecule has 0 aromatic heterocycles. The van der Waals surface area contributed by atoms with E-state index in [0.717, 1.165) is 0 Å². The molecule has 4 rings (SSSR count). The second-order valence-corrected chi connectivity index (χ2v) is 7.96. The minimum absolute atomic E-state index is 0.201. The molecule has 2 N–H and O–H groups in total. The van der Waals surface area contributed by atoms with Gasteiger partial charge in [0.2, 0.25) is 0 Å². The Kier molecular flexibility index (Phi) is 8.06. The minimum Gasteiger partial charge on any atom is -0.453 e. The van der Waals surface area contributed by atoms with E-state index in [9.17, 15) is 24.6 Å². The number of aliphatic hydroxyl groups excluding tert-OH is 2. The Hall–Kier alpha value is -4.05. The average molecular weight is 492 g/mol. The number of aliphatic hydroxyl groups is 2. The van der Waals surface area contributed by atoms with Crippen molar-refractivity contribution < 1.29 is 43.5 Å². The molecule has 0 amide bonds. The monoisotopic (exact) mass is 492 g/mol. The van der Waals surface area contributed by atoms with Crippen LogP contribution in [0, 0.1) is 0 Å². The summed E-state index contributed by atoms with van der Waals surface area (Å²) in [6.07, 6.45) is -7.26. The molecule has 0 aliphatic carbocycles. The van der Waals surface area contributed by atoms with Gasteiger partial charge in [-0.05, 0) is 36.4 Å². The van der Waals surface area contributed by atoms with E-state index >= 15 is 0 Å². The van der Waals surface area contributed by atoms with Gasteiger partial charge in [0.05, 0.1) is 23.3 Å². The van der Waals surface area contributed by atoms with Crippen molar-refractivity contribution in [3.05, 3.63) is 108 Å². The van der Waals surface area contributed by atoms with Crippen molar-refractivity contribution in [2.75, 3.05) is 6.61 Å². The molecule has 0 bridgehead atoms. The molecule has 36 heavy (non-hydrogen) atoms. The summed E-state index contributed by atoms with van der Waals surface area (Å²) in [5.41, 5.74) is 0.627. The Morgan fingerprint density at radius 3 is 1.56 bits per heavy atom. The molecule has 1 aliphatic heterocycles. The largest absolute Gasteiger partial charge is 0.453 e. The van der Waals surface area contributed by atoms with Gasteiger partial charge in [0, 0.05) is 0 Å². The zero-order valence-electron chi connectivity index (χ0n) is 19.0. The predicted octanol–water partition coefficient (Wildman–Crippen LogP) is 2.37. The van der Waals surface area contributed by atoms with Crippen molar-refractivity contribution >= 4 is 17.9 Å². The number of hydrogen-bond acceptors (Lipinski definition) is 9. The third kappa shape index (κ3) is 5.77. The lowest BCUT2D eigenvalue weighted by molar-refractivity contribution is -0.152. The lowest BCUT2D eigenvalue weighted by atomic mass is 10.0. The Bertz CT molecular complexity index is 1170. The van der Waals surface area contributed by atoms with Gasteiger partial charge < -0.3 is 29.2 Å². The van der Waals surface area contributed by atoms with Gasteiger partial charge >= 0.3 is 17.9 Å². The van der Waals surface area contributed by atoms with Crippen LogP contribution in [-0.2, 0) is 18.9 Å². The number of carbonyl (C=O) groups excluding carboxylic acids is 3. The van der Waals surface area contributed by atoms with Crippen molar-refractivity contribution in [1.82, 2.24) is 0 Å². The van der Waals surface area contributed by atoms with E-state index in [2.05, 4.69) is 0 Å². The summed E-state index contributed by atoms with van der Waals surface area (Å²) in [4.78, 5) is 38.1. The summed E-state index contributed by atoms with van der Waals surface area (Å²) in [6, 6.07) is 24.1. The van der Waals surface area contributed by atoms with Gasteiger partial charge in [-0.25, -0.2) is 14.4 Å². The van der Waals surface area contributed by atoms with Crippen LogP contribution in [0.3, 0.4) is 0 Å². The molecule has 0 saturated carbocycles. The van der Waals surface area contributed by atoms with Crippen LogP contribution in [-0.4, -0.2) is 65.4 Å². The van der Waals surface area contributed by atoms with Crippen LogP contribution in [0.5, 0.6) is 0 Å². The quantitative estimate of drug-likeness (QED) is 0.360. The molecule has 3 aromatic rings. The zero-order valence-corrected chi connectivity index (χ0v) is 19.0. The van der Waals surface area contributed by atoms with Crippen LogP contribution < -0.4 is 0 Å². The molecule has 1 aliphatic rings. The highest BCUT2D eigenvalue weighted by molar-refractivity contribution is 5.91. The van der Waals surface area contributed by atoms with Crippen LogP contribution in [0.2, 0.25) is 0 Å². The molecule has 5 atom stereocenters. The molecule has 1 fully saturated rings. The average Bonchev–Trinajstić information content (AvgIpc) is 3.22. The van der Waals surface area contributed by atoms with Gasteiger partial charge in [0.15, 0.2) is 24.6 Å². The van der Waals surface area contributed by atoms with Gasteiger partial charge in [-0.2, -0.15) is 0 Å². The first-order chi connectivity index (χ1) is 17.5. The smallest absolute Gasteiger partial charge is 0.338 e. The van der Waals surface area contributed by atoms with Gasteiger partial charge in [-0.3, -0.25) is 0 Å². The maximum absolute atomic E-state index is 12.8. The minimum atomic E-state index is -1.72. The fraction of sp³-hybridized carbons (Fsp3) is 0.222. The fourth-order valence-electron chi connectivity index (χ4n) is 3.74. The van der Waals surface area contributed by atoms with E-state index < -0.39 is 55.2 Å². The molecule has 9 heteroatoms. The highest BCUT2D eigenvalue weighted by Gasteiger charge is 2.53. The van der Waals surface area contributed by atoms with E-state index in [1.165, 1.54) is 36.4 Å². The van der Waals surface area contributed by atoms with Crippen LogP contribution in [0.15, 0.2) is 91.0 Å². The lowest BCUT2D eigenvalue weighted by Crippen LogP contribution is -2.46. The number of esters is 3. The first kappa shape index (κ1) is 25.1. The summed E-state index contributed by atoms with van der Waals surface area (Å²) in [5.74, 6) is -2.33. The van der Waals surface area contributed by atoms with Crippen molar-refractivity contribution in [3.63, 3.8) is 0 Å². The molecule has 3 aromatic carbocycles. The van der Waals surface area contributed by atoms with Crippen molar-refractivity contribution in [2.45, 2.75) is 30.7 Å². The Morgan fingerprint density at radius 1 is 0.694 bits per heavy atom. The topological polar surface area (TPSA) is 129 Å². The molecular formula is C27H24O9.